The van der Waals surface area contributed by atoms with E-state index in [1.807, 2.05) is 0 Å². The molecule has 0 amide bonds. The van der Waals surface area contributed by atoms with Gasteiger partial charge in [-0.15, -0.1) is 0 Å². The van der Waals surface area contributed by atoms with Crippen LogP contribution in [0, 0.1) is 5.92 Å². The summed E-state index contributed by atoms with van der Waals surface area (Å²) in [5, 5.41) is 0. The van der Waals surface area contributed by atoms with Crippen LogP contribution < -0.4 is 0 Å². The van der Waals surface area contributed by atoms with Gasteiger partial charge in [0.2, 0.25) is 0 Å². The van der Waals surface area contributed by atoms with Crippen molar-refractivity contribution in [3.8, 4) is 0 Å². The lowest BCUT2D eigenvalue weighted by Crippen LogP contribution is -1.96. The molecule has 1 atom stereocenters. The smallest absolute Gasteiger partial charge is 0.0187 e. The molecule has 1 aliphatic rings. The van der Waals surface area contributed by atoms with Crippen LogP contribution >= 0.6 is 0 Å². The first kappa shape index (κ1) is 7.33. The van der Waals surface area contributed by atoms with Gasteiger partial charge in [-0.2, -0.15) is 0 Å². The van der Waals surface area contributed by atoms with Gasteiger partial charge >= 0.3 is 0 Å². The maximum absolute atomic E-state index is 3.95. The molecule has 0 aromatic rings. The Kier molecular flexibility index (Phi) is 2.10. The van der Waals surface area contributed by atoms with Crippen LogP contribution in [0.2, 0.25) is 0 Å². The van der Waals surface area contributed by atoms with Crippen LogP contribution in [0.1, 0.15) is 20.3 Å². The summed E-state index contributed by atoms with van der Waals surface area (Å²) in [5.74, 6) is 0.669. The van der Waals surface area contributed by atoms with Crippen molar-refractivity contribution in [3.63, 3.8) is 0 Å². The predicted octanol–water partition coefficient (Wildman–Crippen LogP) is 3.08. The average Bonchev–Trinajstić information content (AvgIpc) is 2.34. The van der Waals surface area contributed by atoms with Gasteiger partial charge < -0.3 is 0 Å². The lowest BCUT2D eigenvalue weighted by Gasteiger charge is -2.10. The van der Waals surface area contributed by atoms with Crippen molar-refractivity contribution >= 4 is 0 Å². The van der Waals surface area contributed by atoms with Gasteiger partial charge in [-0.3, -0.25) is 0 Å². The minimum atomic E-state index is 0.669. The molecule has 0 N–H and O–H groups in total. The monoisotopic (exact) mass is 134 g/mol. The Morgan fingerprint density at radius 2 is 2.30 bits per heavy atom. The molecular formula is C10H14. The zero-order chi connectivity index (χ0) is 7.56. The van der Waals surface area contributed by atoms with Crippen molar-refractivity contribution in [2.75, 3.05) is 0 Å². The molecule has 10 heavy (non-hydrogen) atoms. The van der Waals surface area contributed by atoms with Gasteiger partial charge in [-0.25, -0.2) is 0 Å². The lowest BCUT2D eigenvalue weighted by molar-refractivity contribution is 0.667. The number of allylic oxidation sites excluding steroid dienone is 5. The topological polar surface area (TPSA) is 0 Å². The number of rotatable bonds is 2. The summed E-state index contributed by atoms with van der Waals surface area (Å²) in [4.78, 5) is 0. The Hall–Kier alpha value is -0.780. The Bertz CT molecular complexity index is 194. The molecule has 1 unspecified atom stereocenters. The zero-order valence-corrected chi connectivity index (χ0v) is 6.72. The Balaban J connectivity index is 2.67. The molecule has 0 aromatic carbocycles. The van der Waals surface area contributed by atoms with E-state index in [1.54, 1.807) is 0 Å². The number of hydrogen-bond donors (Lipinski definition) is 0. The first-order valence-electron chi connectivity index (χ1n) is 3.83. The normalized spacial score (nSPS) is 19.4. The van der Waals surface area contributed by atoms with Crippen molar-refractivity contribution in [3.05, 3.63) is 36.0 Å². The second kappa shape index (κ2) is 2.87. The molecule has 0 heterocycles. The molecule has 0 spiro atoms. The van der Waals surface area contributed by atoms with E-state index in [1.165, 1.54) is 17.6 Å². The molecule has 0 aromatic heterocycles. The van der Waals surface area contributed by atoms with E-state index in [-0.39, 0.29) is 0 Å². The first-order valence-corrected chi connectivity index (χ1v) is 3.83. The summed E-state index contributed by atoms with van der Waals surface area (Å²) in [5.41, 5.74) is 2.59. The van der Waals surface area contributed by atoms with Gasteiger partial charge in [0.15, 0.2) is 0 Å². The van der Waals surface area contributed by atoms with Gasteiger partial charge in [-0.1, -0.05) is 38.7 Å². The third-order valence-corrected chi connectivity index (χ3v) is 2.09. The molecule has 0 heteroatoms. The van der Waals surface area contributed by atoms with E-state index >= 15 is 0 Å². The fourth-order valence-electron chi connectivity index (χ4n) is 1.17. The summed E-state index contributed by atoms with van der Waals surface area (Å²) < 4.78 is 0. The molecule has 0 nitrogen and oxygen atoms in total. The van der Waals surface area contributed by atoms with Crippen LogP contribution in [0.3, 0.4) is 0 Å². The summed E-state index contributed by atoms with van der Waals surface area (Å²) in [7, 11) is 0. The fraction of sp³-hybridized carbons (Fsp3) is 0.400. The van der Waals surface area contributed by atoms with Crippen LogP contribution in [-0.2, 0) is 0 Å². The van der Waals surface area contributed by atoms with Crippen molar-refractivity contribution in [1.29, 1.82) is 0 Å². The van der Waals surface area contributed by atoms with Crippen molar-refractivity contribution in [2.24, 2.45) is 5.92 Å². The molecule has 0 bridgehead atoms. The van der Waals surface area contributed by atoms with Crippen molar-refractivity contribution < 1.29 is 0 Å². The predicted molar refractivity (Wildman–Crippen MR) is 45.8 cm³/mol. The highest BCUT2D eigenvalue weighted by molar-refractivity contribution is 5.47. The average molecular weight is 134 g/mol. The van der Waals surface area contributed by atoms with E-state index < -0.39 is 0 Å². The molecule has 1 rings (SSSR count). The zero-order valence-electron chi connectivity index (χ0n) is 6.72. The van der Waals surface area contributed by atoms with Gasteiger partial charge in [0.05, 0.1) is 0 Å². The van der Waals surface area contributed by atoms with Crippen LogP contribution in [0.5, 0.6) is 0 Å². The van der Waals surface area contributed by atoms with Gasteiger partial charge in [0.25, 0.3) is 0 Å². The Morgan fingerprint density at radius 3 is 2.70 bits per heavy atom. The van der Waals surface area contributed by atoms with E-state index in [2.05, 4.69) is 38.7 Å². The Labute approximate surface area is 62.9 Å². The van der Waals surface area contributed by atoms with Gasteiger partial charge in [0.1, 0.15) is 0 Å². The SMILES string of the molecule is C=C1C=CC=C1C(C)CC. The van der Waals surface area contributed by atoms with Crippen molar-refractivity contribution in [1.82, 2.24) is 0 Å². The molecule has 54 valence electrons. The quantitative estimate of drug-likeness (QED) is 0.544. The second-order valence-corrected chi connectivity index (χ2v) is 2.82. The molecule has 0 radical (unpaired) electrons. The van der Waals surface area contributed by atoms with Crippen LogP contribution in [0.25, 0.3) is 0 Å². The minimum Gasteiger partial charge on any atom is -0.0915 e. The summed E-state index contributed by atoms with van der Waals surface area (Å²) in [6.45, 7) is 8.40. The molecular weight excluding hydrogens is 120 g/mol. The molecule has 0 fully saturated rings. The fourth-order valence-corrected chi connectivity index (χ4v) is 1.17. The van der Waals surface area contributed by atoms with E-state index in [4.69, 9.17) is 0 Å². The van der Waals surface area contributed by atoms with Crippen molar-refractivity contribution in [2.45, 2.75) is 20.3 Å². The van der Waals surface area contributed by atoms with E-state index in [9.17, 15) is 0 Å². The van der Waals surface area contributed by atoms with E-state index in [0.29, 0.717) is 5.92 Å². The molecule has 0 saturated heterocycles. The van der Waals surface area contributed by atoms with Crippen LogP contribution in [0.4, 0.5) is 0 Å². The highest BCUT2D eigenvalue weighted by atomic mass is 14.1. The van der Waals surface area contributed by atoms with Crippen LogP contribution in [0.15, 0.2) is 36.0 Å². The molecule has 0 saturated carbocycles. The molecule has 0 aliphatic heterocycles. The third-order valence-electron chi connectivity index (χ3n) is 2.09. The summed E-state index contributed by atoms with van der Waals surface area (Å²) in [6, 6.07) is 0. The van der Waals surface area contributed by atoms with Gasteiger partial charge in [-0.05, 0) is 23.5 Å². The first-order chi connectivity index (χ1) is 4.75. The summed E-state index contributed by atoms with van der Waals surface area (Å²) in [6.07, 6.45) is 7.51. The standard InChI is InChI=1S/C10H14/c1-4-8(2)10-7-5-6-9(10)3/h5-8H,3-4H2,1-2H3. The maximum Gasteiger partial charge on any atom is -0.0187 e. The highest BCUT2D eigenvalue weighted by Crippen LogP contribution is 2.25. The minimum absolute atomic E-state index is 0.669. The maximum atomic E-state index is 3.95. The Morgan fingerprint density at radius 1 is 1.60 bits per heavy atom. The second-order valence-electron chi connectivity index (χ2n) is 2.82. The highest BCUT2D eigenvalue weighted by Gasteiger charge is 2.09. The number of hydrogen-bond acceptors (Lipinski definition) is 0. The molecule has 1 aliphatic carbocycles. The third kappa shape index (κ3) is 1.21. The summed E-state index contributed by atoms with van der Waals surface area (Å²) >= 11 is 0. The van der Waals surface area contributed by atoms with E-state index in [0.717, 1.165) is 0 Å². The van der Waals surface area contributed by atoms with Gasteiger partial charge in [0, 0.05) is 0 Å². The van der Waals surface area contributed by atoms with Crippen LogP contribution in [-0.4, -0.2) is 0 Å². The lowest BCUT2D eigenvalue weighted by atomic mass is 9.95. The largest absolute Gasteiger partial charge is 0.0915 e.